The Balaban J connectivity index is 1.40. The van der Waals surface area contributed by atoms with E-state index < -0.39 is 0 Å². The van der Waals surface area contributed by atoms with Crippen molar-refractivity contribution in [3.05, 3.63) is 90.0 Å². The number of fused-ring (bicyclic) bond motifs is 2. The van der Waals surface area contributed by atoms with Gasteiger partial charge in [0.2, 0.25) is 5.91 Å². The maximum Gasteiger partial charge on any atom is 0.232 e. The van der Waals surface area contributed by atoms with E-state index in [1.807, 2.05) is 78.9 Å². The van der Waals surface area contributed by atoms with Crippen molar-refractivity contribution in [3.8, 4) is 11.5 Å². The lowest BCUT2D eigenvalue weighted by Crippen LogP contribution is -2.32. The summed E-state index contributed by atoms with van der Waals surface area (Å²) in [4.78, 5) is 13.0. The maximum atomic E-state index is 13.0. The van der Waals surface area contributed by atoms with Crippen LogP contribution in [-0.2, 0) is 4.79 Å². The largest absolute Gasteiger partial charge is 0.457 e. The van der Waals surface area contributed by atoms with E-state index in [1.165, 1.54) is 0 Å². The third-order valence-corrected chi connectivity index (χ3v) is 4.70. The van der Waals surface area contributed by atoms with Gasteiger partial charge < -0.3 is 15.4 Å². The summed E-state index contributed by atoms with van der Waals surface area (Å²) >= 11 is 0. The first kappa shape index (κ1) is 17.2. The smallest absolute Gasteiger partial charge is 0.232 e. The molecular weight excluding hydrogens is 336 g/mol. The third-order valence-electron chi connectivity index (χ3n) is 4.70. The number of ether oxygens (including phenoxy) is 1. The molecule has 0 saturated heterocycles. The summed E-state index contributed by atoms with van der Waals surface area (Å²) in [5.74, 6) is 1.18. The van der Waals surface area contributed by atoms with Crippen LogP contribution in [0.4, 0.5) is 5.69 Å². The molecule has 3 aromatic rings. The summed E-state index contributed by atoms with van der Waals surface area (Å²) in [5.41, 5.74) is 2.92. The van der Waals surface area contributed by atoms with Crippen LogP contribution in [0, 0.1) is 0 Å². The molecule has 1 heterocycles. The number of para-hydroxylation sites is 3. The summed E-state index contributed by atoms with van der Waals surface area (Å²) in [6.07, 6.45) is 0.854. The molecule has 1 aliphatic rings. The predicted octanol–water partition coefficient (Wildman–Crippen LogP) is 4.54. The fraction of sp³-hybridized carbons (Fsp3) is 0.174. The normalized spacial score (nSPS) is 12.4. The van der Waals surface area contributed by atoms with Crippen LogP contribution < -0.4 is 15.4 Å². The van der Waals surface area contributed by atoms with Crippen molar-refractivity contribution in [3.63, 3.8) is 0 Å². The number of hydrogen-bond donors (Lipinski definition) is 2. The minimum atomic E-state index is -0.340. The Morgan fingerprint density at radius 1 is 0.778 bits per heavy atom. The SMILES string of the molecule is O=C(NCCCNc1ccccc1)C1c2ccccc2Oc2ccccc21. The van der Waals surface area contributed by atoms with Crippen LogP contribution in [0.2, 0.25) is 0 Å². The van der Waals surface area contributed by atoms with Gasteiger partial charge in [0, 0.05) is 29.9 Å². The predicted molar refractivity (Wildman–Crippen MR) is 107 cm³/mol. The van der Waals surface area contributed by atoms with Crippen LogP contribution in [-0.4, -0.2) is 19.0 Å². The van der Waals surface area contributed by atoms with Crippen LogP contribution in [0.15, 0.2) is 78.9 Å². The summed E-state index contributed by atoms with van der Waals surface area (Å²) in [6, 6.07) is 25.6. The van der Waals surface area contributed by atoms with Crippen molar-refractivity contribution in [1.29, 1.82) is 0 Å². The number of amides is 1. The van der Waals surface area contributed by atoms with E-state index in [-0.39, 0.29) is 11.8 Å². The van der Waals surface area contributed by atoms with Crippen molar-refractivity contribution in [2.75, 3.05) is 18.4 Å². The van der Waals surface area contributed by atoms with Gasteiger partial charge in [0.05, 0.1) is 5.92 Å². The Kier molecular flexibility index (Phi) is 5.06. The van der Waals surface area contributed by atoms with Gasteiger partial charge in [-0.15, -0.1) is 0 Å². The summed E-state index contributed by atoms with van der Waals surface area (Å²) in [5, 5.41) is 6.44. The molecule has 0 aromatic heterocycles. The second-order valence-electron chi connectivity index (χ2n) is 6.55. The highest BCUT2D eigenvalue weighted by atomic mass is 16.5. The summed E-state index contributed by atoms with van der Waals surface area (Å²) in [7, 11) is 0. The lowest BCUT2D eigenvalue weighted by molar-refractivity contribution is -0.121. The molecule has 0 radical (unpaired) electrons. The molecule has 3 aromatic carbocycles. The van der Waals surface area contributed by atoms with Gasteiger partial charge in [0.1, 0.15) is 11.5 Å². The quantitative estimate of drug-likeness (QED) is 0.636. The first-order valence-corrected chi connectivity index (χ1v) is 9.25. The Hall–Kier alpha value is -3.27. The molecule has 4 rings (SSSR count). The maximum absolute atomic E-state index is 13.0. The number of anilines is 1. The lowest BCUT2D eigenvalue weighted by atomic mass is 9.87. The van der Waals surface area contributed by atoms with Crippen LogP contribution in [0.5, 0.6) is 11.5 Å². The Morgan fingerprint density at radius 3 is 2.04 bits per heavy atom. The molecule has 0 aliphatic carbocycles. The number of carbonyl (C=O) groups is 1. The Bertz CT molecular complexity index is 879. The van der Waals surface area contributed by atoms with E-state index in [0.29, 0.717) is 6.54 Å². The van der Waals surface area contributed by atoms with E-state index in [9.17, 15) is 4.79 Å². The third kappa shape index (κ3) is 3.80. The second-order valence-corrected chi connectivity index (χ2v) is 6.55. The molecular formula is C23H22N2O2. The molecule has 0 atom stereocenters. The van der Waals surface area contributed by atoms with Gasteiger partial charge in [-0.3, -0.25) is 4.79 Å². The minimum Gasteiger partial charge on any atom is -0.457 e. The lowest BCUT2D eigenvalue weighted by Gasteiger charge is -2.27. The van der Waals surface area contributed by atoms with Crippen molar-refractivity contribution in [2.45, 2.75) is 12.3 Å². The second kappa shape index (κ2) is 7.96. The molecule has 0 unspecified atom stereocenters. The number of benzene rings is 3. The highest BCUT2D eigenvalue weighted by molar-refractivity contribution is 5.89. The van der Waals surface area contributed by atoms with E-state index in [4.69, 9.17) is 4.74 Å². The zero-order valence-electron chi connectivity index (χ0n) is 15.0. The Morgan fingerprint density at radius 2 is 1.37 bits per heavy atom. The molecule has 0 spiro atoms. The highest BCUT2D eigenvalue weighted by Crippen LogP contribution is 2.43. The molecule has 4 nitrogen and oxygen atoms in total. The van der Waals surface area contributed by atoms with Gasteiger partial charge in [-0.1, -0.05) is 54.6 Å². The van der Waals surface area contributed by atoms with Gasteiger partial charge >= 0.3 is 0 Å². The summed E-state index contributed by atoms with van der Waals surface area (Å²) < 4.78 is 5.96. The van der Waals surface area contributed by atoms with Gasteiger partial charge in [-0.2, -0.15) is 0 Å². The molecule has 0 bridgehead atoms. The van der Waals surface area contributed by atoms with Gasteiger partial charge in [-0.05, 0) is 30.7 Å². The average molecular weight is 358 g/mol. The van der Waals surface area contributed by atoms with E-state index in [2.05, 4.69) is 10.6 Å². The first-order valence-electron chi connectivity index (χ1n) is 9.25. The number of nitrogens with one attached hydrogen (secondary N) is 2. The van der Waals surface area contributed by atoms with Gasteiger partial charge in [0.15, 0.2) is 0 Å². The molecule has 1 aliphatic heterocycles. The zero-order valence-corrected chi connectivity index (χ0v) is 15.0. The minimum absolute atomic E-state index is 0.0120. The number of rotatable bonds is 6. The summed E-state index contributed by atoms with van der Waals surface area (Å²) in [6.45, 7) is 1.44. The van der Waals surface area contributed by atoms with E-state index in [1.54, 1.807) is 0 Å². The van der Waals surface area contributed by atoms with Crippen LogP contribution in [0.25, 0.3) is 0 Å². The monoisotopic (exact) mass is 358 g/mol. The molecule has 0 saturated carbocycles. The standard InChI is InChI=1S/C23H22N2O2/c26-23(25-16-8-15-24-17-9-2-1-3-10-17)22-18-11-4-6-13-20(18)27-21-14-7-5-12-19(21)22/h1-7,9-14,22,24H,8,15-16H2,(H,25,26). The molecule has 0 fully saturated rings. The van der Waals surface area contributed by atoms with Crippen LogP contribution in [0.1, 0.15) is 23.5 Å². The average Bonchev–Trinajstić information content (AvgIpc) is 2.72. The molecule has 2 N–H and O–H groups in total. The fourth-order valence-corrected chi connectivity index (χ4v) is 3.38. The van der Waals surface area contributed by atoms with Crippen molar-refractivity contribution in [1.82, 2.24) is 5.32 Å². The zero-order chi connectivity index (χ0) is 18.5. The van der Waals surface area contributed by atoms with Crippen molar-refractivity contribution >= 4 is 11.6 Å². The topological polar surface area (TPSA) is 50.4 Å². The molecule has 27 heavy (non-hydrogen) atoms. The molecule has 4 heteroatoms. The highest BCUT2D eigenvalue weighted by Gasteiger charge is 2.31. The van der Waals surface area contributed by atoms with Gasteiger partial charge in [-0.25, -0.2) is 0 Å². The molecule has 136 valence electrons. The van der Waals surface area contributed by atoms with Crippen LogP contribution >= 0.6 is 0 Å². The first-order chi connectivity index (χ1) is 13.3. The van der Waals surface area contributed by atoms with E-state index >= 15 is 0 Å². The van der Waals surface area contributed by atoms with Crippen LogP contribution in [0.3, 0.4) is 0 Å². The molecule has 1 amide bonds. The number of hydrogen-bond acceptors (Lipinski definition) is 3. The van der Waals surface area contributed by atoms with Crippen molar-refractivity contribution in [2.24, 2.45) is 0 Å². The van der Waals surface area contributed by atoms with E-state index in [0.717, 1.165) is 41.3 Å². The fourth-order valence-electron chi connectivity index (χ4n) is 3.38. The Labute approximate surface area is 159 Å². The van der Waals surface area contributed by atoms with Gasteiger partial charge in [0.25, 0.3) is 0 Å². The number of carbonyl (C=O) groups excluding carboxylic acids is 1. The van der Waals surface area contributed by atoms with Crippen molar-refractivity contribution < 1.29 is 9.53 Å².